The van der Waals surface area contributed by atoms with Crippen molar-refractivity contribution >= 4 is 40.5 Å². The molecule has 0 saturated carbocycles. The summed E-state index contributed by atoms with van der Waals surface area (Å²) in [6, 6.07) is 11.7. The molecule has 2 aromatic carbocycles. The number of hydrazine groups is 1. The van der Waals surface area contributed by atoms with E-state index in [1.165, 1.54) is 16.2 Å². The Hall–Kier alpha value is -6.15. The minimum absolute atomic E-state index is 0.142. The minimum Gasteiger partial charge on any atom is -0.464 e. The second-order valence-electron chi connectivity index (χ2n) is 19.7. The molecule has 16 heteroatoms. The van der Waals surface area contributed by atoms with Gasteiger partial charge in [-0.15, -0.1) is 0 Å². The van der Waals surface area contributed by atoms with Crippen LogP contribution in [0.3, 0.4) is 0 Å². The lowest BCUT2D eigenvalue weighted by atomic mass is 9.84. The quantitative estimate of drug-likeness (QED) is 0.193. The second kappa shape index (κ2) is 21.0. The highest BCUT2D eigenvalue weighted by Gasteiger charge is 2.40. The van der Waals surface area contributed by atoms with Crippen molar-refractivity contribution in [2.45, 2.75) is 91.4 Å². The first-order valence-corrected chi connectivity index (χ1v) is 24.1. The van der Waals surface area contributed by atoms with E-state index in [0.29, 0.717) is 65.1 Å². The van der Waals surface area contributed by atoms with E-state index in [1.807, 2.05) is 44.4 Å². The molecular formula is C52H65N9O7. The molecule has 2 aromatic heterocycles. The number of benzene rings is 2. The maximum absolute atomic E-state index is 14.7. The van der Waals surface area contributed by atoms with Crippen LogP contribution in [-0.2, 0) is 52.8 Å². The van der Waals surface area contributed by atoms with Crippen molar-refractivity contribution in [3.63, 3.8) is 0 Å². The van der Waals surface area contributed by atoms with E-state index >= 15 is 0 Å². The standard InChI is InChI=1S/C52H65N9O7/c1-7-60-44-16-15-37-27-40(44)41(47(60)39-29-53-33-54-30-39)28-52(4,5)32-68-51(66)42-13-9-19-61(56-42)50(65)43(26-35-11-8-12-36(37)25-35)55-48(63)46(34(2)3)57(6)49(64)38-17-20-59(31-38)45(62)14-10-18-58-21-23-67-24-22-58/h8,11-12,15-16,25,27,29-30,33-34,38,42-43,46,56H,7,9,13,17-24,26,28,31-32H2,1-6H3,(H,55,63)/t38-,42-,43-,46?/m0/s1. The van der Waals surface area contributed by atoms with Crippen molar-refractivity contribution in [2.24, 2.45) is 17.3 Å². The Balaban J connectivity index is 1.07. The summed E-state index contributed by atoms with van der Waals surface area (Å²) >= 11 is 0. The highest BCUT2D eigenvalue weighted by molar-refractivity contribution is 5.96. The summed E-state index contributed by atoms with van der Waals surface area (Å²) in [5.74, 6) is 3.01. The Morgan fingerprint density at radius 2 is 1.75 bits per heavy atom. The number of carbonyl (C=O) groups excluding carboxylic acids is 5. The van der Waals surface area contributed by atoms with Crippen LogP contribution in [0.2, 0.25) is 0 Å². The van der Waals surface area contributed by atoms with E-state index in [-0.39, 0.29) is 37.3 Å². The number of likely N-dealkylation sites (N-methyl/N-ethyl adjacent to an activating group) is 1. The third-order valence-electron chi connectivity index (χ3n) is 13.7. The highest BCUT2D eigenvalue weighted by Crippen LogP contribution is 2.40. The number of nitrogens with one attached hydrogen (secondary N) is 2. The van der Waals surface area contributed by atoms with E-state index in [1.54, 1.807) is 11.9 Å². The lowest BCUT2D eigenvalue weighted by molar-refractivity contribution is -0.155. The van der Waals surface area contributed by atoms with Crippen molar-refractivity contribution < 1.29 is 33.4 Å². The van der Waals surface area contributed by atoms with Crippen molar-refractivity contribution in [1.29, 1.82) is 0 Å². The van der Waals surface area contributed by atoms with Crippen LogP contribution in [-0.4, -0.2) is 148 Å². The topological polar surface area (TPSA) is 172 Å². The summed E-state index contributed by atoms with van der Waals surface area (Å²) in [5.41, 5.74) is 9.52. The van der Waals surface area contributed by atoms with Crippen molar-refractivity contribution in [3.8, 4) is 34.2 Å². The Morgan fingerprint density at radius 3 is 2.50 bits per heavy atom. The van der Waals surface area contributed by atoms with E-state index in [0.717, 1.165) is 57.5 Å². The van der Waals surface area contributed by atoms with Gasteiger partial charge in [-0.25, -0.2) is 15.4 Å². The minimum atomic E-state index is -1.05. The predicted octanol–water partition coefficient (Wildman–Crippen LogP) is 4.10. The molecular weight excluding hydrogens is 863 g/mol. The first kappa shape index (κ1) is 48.3. The lowest BCUT2D eigenvalue weighted by Gasteiger charge is -2.37. The molecule has 4 aromatic rings. The van der Waals surface area contributed by atoms with E-state index in [9.17, 15) is 24.0 Å². The zero-order valence-electron chi connectivity index (χ0n) is 40.3. The van der Waals surface area contributed by atoms with Crippen LogP contribution in [0.5, 0.6) is 0 Å². The average molecular weight is 928 g/mol. The van der Waals surface area contributed by atoms with Crippen molar-refractivity contribution in [2.75, 3.05) is 66.1 Å². The normalized spacial score (nSPS) is 21.7. The monoisotopic (exact) mass is 928 g/mol. The number of carbonyl (C=O) groups is 5. The summed E-state index contributed by atoms with van der Waals surface area (Å²) < 4.78 is 13.8. The van der Waals surface area contributed by atoms with Gasteiger partial charge in [0.25, 0.3) is 11.8 Å². The Labute approximate surface area is 399 Å². The number of ether oxygens (including phenoxy) is 2. The molecule has 0 aliphatic carbocycles. The van der Waals surface area contributed by atoms with Crippen LogP contribution >= 0.6 is 0 Å². The number of hydrogen-bond donors (Lipinski definition) is 2. The number of hydrogen-bond acceptors (Lipinski definition) is 11. The van der Waals surface area contributed by atoms with Crippen molar-refractivity contribution in [3.05, 3.63) is 72.3 Å². The molecule has 8 rings (SSSR count). The van der Waals surface area contributed by atoms with Crippen LogP contribution < -0.4 is 10.7 Å². The molecule has 2 N–H and O–H groups in total. The molecule has 4 atom stereocenters. The molecule has 6 heterocycles. The van der Waals surface area contributed by atoms with Crippen LogP contribution in [0.25, 0.3) is 33.3 Å². The number of nitrogens with zero attached hydrogens (tertiary/aromatic N) is 7. The number of cyclic esters (lactones) is 1. The smallest absolute Gasteiger partial charge is 0.324 e. The van der Waals surface area contributed by atoms with E-state index in [4.69, 9.17) is 9.47 Å². The SMILES string of the molecule is CCn1c(-c2cncnc2)c2c3cc(ccc31)-c1cccc(c1)C[C@H](NC(=O)C(C(C)C)N(C)C(=O)[C@H]1CCN(C(=O)C#CCN3CCOCC3)C1)C(=O)N1CCC[C@H](N1)C(=O)OCC(C)(C)C2. The molecule has 1 unspecified atom stereocenters. The predicted molar refractivity (Wildman–Crippen MR) is 257 cm³/mol. The van der Waals surface area contributed by atoms with E-state index < -0.39 is 47.2 Å². The fraction of sp³-hybridized carbons (Fsp3) is 0.519. The number of fused-ring (bicyclic) bond motifs is 6. The van der Waals surface area contributed by atoms with Crippen LogP contribution in [0.4, 0.5) is 0 Å². The number of rotatable bonds is 8. The Morgan fingerprint density at radius 1 is 0.985 bits per heavy atom. The maximum atomic E-state index is 14.7. The van der Waals surface area contributed by atoms with Crippen molar-refractivity contribution in [1.82, 2.24) is 45.0 Å². The Kier molecular flexibility index (Phi) is 14.9. The molecule has 3 fully saturated rings. The second-order valence-corrected chi connectivity index (χ2v) is 19.7. The van der Waals surface area contributed by atoms with Gasteiger partial charge >= 0.3 is 5.97 Å². The molecule has 4 aliphatic heterocycles. The highest BCUT2D eigenvalue weighted by atomic mass is 16.5. The van der Waals surface area contributed by atoms with Gasteiger partial charge in [-0.1, -0.05) is 63.9 Å². The molecule has 4 amide bonds. The molecule has 360 valence electrons. The molecule has 6 bridgehead atoms. The van der Waals surface area contributed by atoms with Crippen LogP contribution in [0.15, 0.2) is 61.2 Å². The number of aryl methyl sites for hydroxylation is 1. The first-order valence-electron chi connectivity index (χ1n) is 24.1. The fourth-order valence-corrected chi connectivity index (χ4v) is 10.2. The summed E-state index contributed by atoms with van der Waals surface area (Å²) in [5, 5.41) is 5.58. The van der Waals surface area contributed by atoms with Gasteiger partial charge < -0.3 is 29.2 Å². The zero-order valence-corrected chi connectivity index (χ0v) is 40.3. The third-order valence-corrected chi connectivity index (χ3v) is 13.7. The number of likely N-dealkylation sites (tertiary alicyclic amines) is 1. The first-order chi connectivity index (χ1) is 32.7. The summed E-state index contributed by atoms with van der Waals surface area (Å²) in [6.07, 6.45) is 7.41. The molecule has 0 radical (unpaired) electrons. The summed E-state index contributed by atoms with van der Waals surface area (Å²) in [6.45, 7) is 15.1. The van der Waals surface area contributed by atoms with Gasteiger partial charge in [0.15, 0.2) is 0 Å². The third kappa shape index (κ3) is 10.8. The van der Waals surface area contributed by atoms with Gasteiger partial charge in [0.1, 0.15) is 24.5 Å². The molecule has 4 aliphatic rings. The van der Waals surface area contributed by atoms with Gasteiger partial charge in [0.2, 0.25) is 11.8 Å². The van der Waals surface area contributed by atoms with Gasteiger partial charge in [-0.05, 0) is 78.8 Å². The zero-order chi connectivity index (χ0) is 48.1. The Bertz CT molecular complexity index is 2580. The largest absolute Gasteiger partial charge is 0.464 e. The van der Waals surface area contributed by atoms with Crippen LogP contribution in [0.1, 0.15) is 65.0 Å². The molecule has 0 spiro atoms. The number of esters is 1. The average Bonchev–Trinajstić information content (AvgIpc) is 3.96. The summed E-state index contributed by atoms with van der Waals surface area (Å²) in [4.78, 5) is 84.3. The number of amides is 4. The summed E-state index contributed by atoms with van der Waals surface area (Å²) in [7, 11) is 1.62. The van der Waals surface area contributed by atoms with Gasteiger partial charge in [-0.3, -0.25) is 33.9 Å². The van der Waals surface area contributed by atoms with Gasteiger partial charge in [0.05, 0.1) is 38.0 Å². The van der Waals surface area contributed by atoms with Gasteiger partial charge in [-0.2, -0.15) is 0 Å². The lowest BCUT2D eigenvalue weighted by Crippen LogP contribution is -2.62. The fourth-order valence-electron chi connectivity index (χ4n) is 10.2. The maximum Gasteiger partial charge on any atom is 0.324 e. The van der Waals surface area contributed by atoms with E-state index in [2.05, 4.69) is 87.1 Å². The van der Waals surface area contributed by atoms with Gasteiger partial charge in [0, 0.05) is 87.0 Å². The molecule has 68 heavy (non-hydrogen) atoms. The number of aromatic nitrogens is 3. The van der Waals surface area contributed by atoms with Crippen LogP contribution in [0, 0.1) is 29.1 Å². The number of morpholine rings is 1. The molecule has 3 saturated heterocycles. The molecule has 16 nitrogen and oxygen atoms in total.